The quantitative estimate of drug-likeness (QED) is 0.757. The molecule has 1 heterocycles. The molecule has 0 radical (unpaired) electrons. The first-order valence-corrected chi connectivity index (χ1v) is 10.2. The molecule has 0 saturated carbocycles. The van der Waals surface area contributed by atoms with Crippen LogP contribution in [0, 0.1) is 11.6 Å². The molecule has 2 aromatic rings. The summed E-state index contributed by atoms with van der Waals surface area (Å²) in [4.78, 5) is 15.3. The standard InChI is InChI=1S/C19H21F2N3O3S/c1-22(16-5-3-2-4-6-16)19(25)14-23-9-11-24(12-10-23)28(26,27)18-8-7-15(20)13-17(18)21/h2-8,13H,9-12,14H2,1H3. The van der Waals surface area contributed by atoms with Crippen LogP contribution in [-0.2, 0) is 14.8 Å². The van der Waals surface area contributed by atoms with Crippen molar-refractivity contribution in [1.29, 1.82) is 0 Å². The Labute approximate surface area is 163 Å². The molecule has 1 aliphatic rings. The minimum atomic E-state index is -4.05. The maximum absolute atomic E-state index is 13.9. The van der Waals surface area contributed by atoms with Gasteiger partial charge in [-0.25, -0.2) is 17.2 Å². The molecule has 9 heteroatoms. The molecule has 150 valence electrons. The zero-order chi connectivity index (χ0) is 20.3. The summed E-state index contributed by atoms with van der Waals surface area (Å²) in [5, 5.41) is 0. The fourth-order valence-electron chi connectivity index (χ4n) is 3.04. The molecule has 0 bridgehead atoms. The van der Waals surface area contributed by atoms with E-state index in [0.717, 1.165) is 22.1 Å². The fourth-order valence-corrected chi connectivity index (χ4v) is 4.51. The molecule has 1 aliphatic heterocycles. The van der Waals surface area contributed by atoms with Crippen molar-refractivity contribution in [3.05, 3.63) is 60.2 Å². The predicted octanol–water partition coefficient (Wildman–Crippen LogP) is 1.93. The number of nitrogens with zero attached hydrogens (tertiary/aromatic N) is 3. The third-order valence-electron chi connectivity index (χ3n) is 4.72. The third kappa shape index (κ3) is 4.37. The minimum Gasteiger partial charge on any atom is -0.314 e. The zero-order valence-electron chi connectivity index (χ0n) is 15.4. The second kappa shape index (κ2) is 8.34. The number of sulfonamides is 1. The number of hydrogen-bond donors (Lipinski definition) is 0. The molecule has 1 fully saturated rings. The second-order valence-electron chi connectivity index (χ2n) is 6.54. The van der Waals surface area contributed by atoms with E-state index < -0.39 is 26.6 Å². The second-order valence-corrected chi connectivity index (χ2v) is 8.45. The van der Waals surface area contributed by atoms with Gasteiger partial charge < -0.3 is 4.90 Å². The summed E-state index contributed by atoms with van der Waals surface area (Å²) in [7, 11) is -2.36. The van der Waals surface area contributed by atoms with E-state index in [1.807, 2.05) is 35.2 Å². The molecule has 0 N–H and O–H groups in total. The number of hydrogen-bond acceptors (Lipinski definition) is 4. The number of carbonyl (C=O) groups is 1. The van der Waals surface area contributed by atoms with E-state index >= 15 is 0 Å². The van der Waals surface area contributed by atoms with Crippen LogP contribution in [0.3, 0.4) is 0 Å². The van der Waals surface area contributed by atoms with Crippen LogP contribution in [0.1, 0.15) is 0 Å². The summed E-state index contributed by atoms with van der Waals surface area (Å²) in [6, 6.07) is 11.6. The van der Waals surface area contributed by atoms with E-state index in [1.54, 1.807) is 11.9 Å². The van der Waals surface area contributed by atoms with Crippen LogP contribution in [-0.4, -0.2) is 63.3 Å². The number of carbonyl (C=O) groups excluding carboxylic acids is 1. The van der Waals surface area contributed by atoms with Crippen LogP contribution < -0.4 is 4.90 Å². The van der Waals surface area contributed by atoms with Crippen LogP contribution in [0.5, 0.6) is 0 Å². The topological polar surface area (TPSA) is 60.9 Å². The summed E-state index contributed by atoms with van der Waals surface area (Å²) in [5.74, 6) is -2.04. The highest BCUT2D eigenvalue weighted by atomic mass is 32.2. The molecule has 3 rings (SSSR count). The van der Waals surface area contributed by atoms with Crippen molar-refractivity contribution in [2.45, 2.75) is 4.90 Å². The van der Waals surface area contributed by atoms with Gasteiger partial charge >= 0.3 is 0 Å². The van der Waals surface area contributed by atoms with Gasteiger partial charge in [0.1, 0.15) is 16.5 Å². The molecule has 0 spiro atoms. The molecule has 6 nitrogen and oxygen atoms in total. The summed E-state index contributed by atoms with van der Waals surface area (Å²) >= 11 is 0. The molecular weight excluding hydrogens is 388 g/mol. The van der Waals surface area contributed by atoms with Crippen LogP contribution in [0.25, 0.3) is 0 Å². The van der Waals surface area contributed by atoms with Gasteiger partial charge in [-0.2, -0.15) is 4.31 Å². The van der Waals surface area contributed by atoms with Gasteiger partial charge in [0.15, 0.2) is 0 Å². The van der Waals surface area contributed by atoms with Crippen molar-refractivity contribution in [3.8, 4) is 0 Å². The van der Waals surface area contributed by atoms with Crippen molar-refractivity contribution >= 4 is 21.6 Å². The first-order valence-electron chi connectivity index (χ1n) is 8.78. The number of piperazine rings is 1. The highest BCUT2D eigenvalue weighted by molar-refractivity contribution is 7.89. The van der Waals surface area contributed by atoms with E-state index in [0.29, 0.717) is 19.2 Å². The lowest BCUT2D eigenvalue weighted by atomic mass is 10.3. The number of halogens is 2. The third-order valence-corrected chi connectivity index (χ3v) is 6.65. The zero-order valence-corrected chi connectivity index (χ0v) is 16.2. The molecule has 0 aromatic heterocycles. The first-order chi connectivity index (χ1) is 13.3. The monoisotopic (exact) mass is 409 g/mol. The number of likely N-dealkylation sites (N-methyl/N-ethyl adjacent to an activating group) is 1. The molecule has 2 aromatic carbocycles. The predicted molar refractivity (Wildman–Crippen MR) is 101 cm³/mol. The molecule has 1 amide bonds. The highest BCUT2D eigenvalue weighted by Crippen LogP contribution is 2.21. The lowest BCUT2D eigenvalue weighted by Gasteiger charge is -2.34. The van der Waals surface area contributed by atoms with Crippen LogP contribution >= 0.6 is 0 Å². The number of para-hydroxylation sites is 1. The van der Waals surface area contributed by atoms with E-state index in [4.69, 9.17) is 0 Å². The Bertz CT molecular complexity index is 946. The maximum atomic E-state index is 13.9. The van der Waals surface area contributed by atoms with Gasteiger partial charge in [-0.1, -0.05) is 18.2 Å². The number of benzene rings is 2. The molecule has 0 atom stereocenters. The summed E-state index contributed by atoms with van der Waals surface area (Å²) in [6.45, 7) is 1.10. The van der Waals surface area contributed by atoms with E-state index in [1.165, 1.54) is 0 Å². The van der Waals surface area contributed by atoms with Crippen molar-refractivity contribution in [2.24, 2.45) is 0 Å². The van der Waals surface area contributed by atoms with E-state index in [2.05, 4.69) is 0 Å². The van der Waals surface area contributed by atoms with E-state index in [9.17, 15) is 22.0 Å². The van der Waals surface area contributed by atoms with Gasteiger partial charge in [0.25, 0.3) is 0 Å². The van der Waals surface area contributed by atoms with Crippen molar-refractivity contribution in [3.63, 3.8) is 0 Å². The van der Waals surface area contributed by atoms with Gasteiger partial charge in [-0.3, -0.25) is 9.69 Å². The Morgan fingerprint density at radius 1 is 1.04 bits per heavy atom. The average molecular weight is 409 g/mol. The van der Waals surface area contributed by atoms with E-state index in [-0.39, 0.29) is 25.5 Å². The van der Waals surface area contributed by atoms with Gasteiger partial charge in [-0.15, -0.1) is 0 Å². The molecule has 1 saturated heterocycles. The first kappa shape index (κ1) is 20.4. The Balaban J connectivity index is 1.60. The maximum Gasteiger partial charge on any atom is 0.246 e. The normalized spacial score (nSPS) is 16.1. The van der Waals surface area contributed by atoms with Crippen LogP contribution in [0.2, 0.25) is 0 Å². The molecule has 0 unspecified atom stereocenters. The Kier molecular flexibility index (Phi) is 6.07. The fraction of sp³-hybridized carbons (Fsp3) is 0.316. The molecule has 0 aliphatic carbocycles. The smallest absolute Gasteiger partial charge is 0.246 e. The van der Waals surface area contributed by atoms with Gasteiger partial charge in [0.05, 0.1) is 6.54 Å². The number of amides is 1. The average Bonchev–Trinajstić information content (AvgIpc) is 2.68. The summed E-state index contributed by atoms with van der Waals surface area (Å²) in [5.41, 5.74) is 0.778. The summed E-state index contributed by atoms with van der Waals surface area (Å²) in [6.07, 6.45) is 0. The Hall–Kier alpha value is -2.36. The Morgan fingerprint density at radius 3 is 2.29 bits per heavy atom. The number of anilines is 1. The lowest BCUT2D eigenvalue weighted by Crippen LogP contribution is -2.51. The van der Waals surface area contributed by atoms with Gasteiger partial charge in [0.2, 0.25) is 15.9 Å². The molecule has 28 heavy (non-hydrogen) atoms. The van der Waals surface area contributed by atoms with Crippen molar-refractivity contribution < 1.29 is 22.0 Å². The van der Waals surface area contributed by atoms with Crippen LogP contribution in [0.4, 0.5) is 14.5 Å². The lowest BCUT2D eigenvalue weighted by molar-refractivity contribution is -0.119. The van der Waals surface area contributed by atoms with Crippen LogP contribution in [0.15, 0.2) is 53.4 Å². The Morgan fingerprint density at radius 2 is 1.68 bits per heavy atom. The SMILES string of the molecule is CN(C(=O)CN1CCN(S(=O)(=O)c2ccc(F)cc2F)CC1)c1ccccc1. The largest absolute Gasteiger partial charge is 0.314 e. The number of rotatable bonds is 5. The van der Waals surface area contributed by atoms with Crippen molar-refractivity contribution in [2.75, 3.05) is 44.7 Å². The molecular formula is C19H21F2N3O3S. The summed E-state index contributed by atoms with van der Waals surface area (Å²) < 4.78 is 53.3. The highest BCUT2D eigenvalue weighted by Gasteiger charge is 2.31. The minimum absolute atomic E-state index is 0.105. The van der Waals surface area contributed by atoms with Gasteiger partial charge in [-0.05, 0) is 24.3 Å². The van der Waals surface area contributed by atoms with Crippen molar-refractivity contribution in [1.82, 2.24) is 9.21 Å². The van der Waals surface area contributed by atoms with Gasteiger partial charge in [0, 0.05) is 45.0 Å².